The van der Waals surface area contributed by atoms with Gasteiger partial charge in [0.1, 0.15) is 24.1 Å². The molecule has 0 aliphatic carbocycles. The Bertz CT molecular complexity index is 523. The van der Waals surface area contributed by atoms with Gasteiger partial charge in [-0.05, 0) is 6.92 Å². The van der Waals surface area contributed by atoms with Crippen molar-refractivity contribution in [3.63, 3.8) is 0 Å². The van der Waals surface area contributed by atoms with E-state index in [-0.39, 0.29) is 45.1 Å². The SMILES string of the molecule is COC1C(O)C(CO)OC1n1cc(C)c(N)nc1=O.[Y]. The van der Waals surface area contributed by atoms with Gasteiger partial charge < -0.3 is 25.4 Å². The van der Waals surface area contributed by atoms with Crippen molar-refractivity contribution < 1.29 is 52.4 Å². The Morgan fingerprint density at radius 1 is 1.60 bits per heavy atom. The molecule has 4 N–H and O–H groups in total. The van der Waals surface area contributed by atoms with Gasteiger partial charge in [-0.3, -0.25) is 4.57 Å². The Balaban J connectivity index is 0.00000200. The van der Waals surface area contributed by atoms with E-state index in [4.69, 9.17) is 20.3 Å². The molecule has 0 aromatic carbocycles. The van der Waals surface area contributed by atoms with Crippen LogP contribution in [0.5, 0.6) is 0 Å². The van der Waals surface area contributed by atoms with Crippen molar-refractivity contribution in [2.24, 2.45) is 0 Å². The predicted octanol–water partition coefficient (Wildman–Crippen LogP) is -1.60. The van der Waals surface area contributed by atoms with E-state index in [2.05, 4.69) is 4.98 Å². The van der Waals surface area contributed by atoms with Crippen LogP contribution in [0.2, 0.25) is 0 Å². The van der Waals surface area contributed by atoms with Gasteiger partial charge in [0.2, 0.25) is 0 Å². The van der Waals surface area contributed by atoms with Crippen LogP contribution in [0.25, 0.3) is 0 Å². The minimum atomic E-state index is -1.02. The summed E-state index contributed by atoms with van der Waals surface area (Å²) in [5, 5.41) is 19.0. The molecule has 1 saturated heterocycles. The first-order valence-corrected chi connectivity index (χ1v) is 5.82. The van der Waals surface area contributed by atoms with E-state index < -0.39 is 30.2 Å². The van der Waals surface area contributed by atoms with Crippen molar-refractivity contribution >= 4 is 5.82 Å². The topological polar surface area (TPSA) is 120 Å². The Morgan fingerprint density at radius 3 is 2.80 bits per heavy atom. The van der Waals surface area contributed by atoms with Crippen molar-refractivity contribution in [1.82, 2.24) is 9.55 Å². The van der Waals surface area contributed by atoms with Crippen molar-refractivity contribution in [1.29, 1.82) is 0 Å². The van der Waals surface area contributed by atoms with Gasteiger partial charge in [0.15, 0.2) is 6.23 Å². The molecule has 1 fully saturated rings. The van der Waals surface area contributed by atoms with Gasteiger partial charge in [-0.25, -0.2) is 4.79 Å². The molecule has 2 heterocycles. The van der Waals surface area contributed by atoms with Gasteiger partial charge >= 0.3 is 5.69 Å². The minimum absolute atomic E-state index is 0. The van der Waals surface area contributed by atoms with E-state index in [1.165, 1.54) is 17.9 Å². The van der Waals surface area contributed by atoms with E-state index in [9.17, 15) is 9.90 Å². The van der Waals surface area contributed by atoms with E-state index in [1.807, 2.05) is 0 Å². The zero-order chi connectivity index (χ0) is 14.2. The number of hydrogen-bond donors (Lipinski definition) is 3. The van der Waals surface area contributed by atoms with E-state index in [1.54, 1.807) is 6.92 Å². The van der Waals surface area contributed by atoms with Crippen molar-refractivity contribution in [2.75, 3.05) is 19.5 Å². The molecule has 0 saturated carbocycles. The van der Waals surface area contributed by atoms with Crippen LogP contribution in [-0.2, 0) is 42.2 Å². The zero-order valence-corrected chi connectivity index (χ0v) is 14.1. The summed E-state index contributed by atoms with van der Waals surface area (Å²) in [7, 11) is 1.40. The van der Waals surface area contributed by atoms with Crippen LogP contribution in [0.3, 0.4) is 0 Å². The fourth-order valence-electron chi connectivity index (χ4n) is 2.11. The second-order valence-electron chi connectivity index (χ2n) is 4.44. The van der Waals surface area contributed by atoms with Gasteiger partial charge in [-0.2, -0.15) is 4.98 Å². The molecular weight excluding hydrogens is 343 g/mol. The van der Waals surface area contributed by atoms with Gasteiger partial charge in [0, 0.05) is 51.6 Å². The predicted molar refractivity (Wildman–Crippen MR) is 65.4 cm³/mol. The average molecular weight is 360 g/mol. The summed E-state index contributed by atoms with van der Waals surface area (Å²) in [6.07, 6.45) is -1.95. The maximum atomic E-state index is 11.8. The summed E-state index contributed by atoms with van der Waals surface area (Å²) in [5.74, 6) is 0.146. The average Bonchev–Trinajstić information content (AvgIpc) is 2.70. The third-order valence-corrected chi connectivity index (χ3v) is 3.21. The van der Waals surface area contributed by atoms with Crippen LogP contribution in [0, 0.1) is 6.92 Å². The third-order valence-electron chi connectivity index (χ3n) is 3.21. The maximum Gasteiger partial charge on any atom is 0.351 e. The van der Waals surface area contributed by atoms with Gasteiger partial charge in [0.05, 0.1) is 6.61 Å². The second-order valence-corrected chi connectivity index (χ2v) is 4.44. The molecule has 2 rings (SSSR count). The molecule has 1 aromatic rings. The van der Waals surface area contributed by atoms with Crippen LogP contribution in [0.15, 0.2) is 11.0 Å². The first-order chi connectivity index (χ1) is 8.99. The van der Waals surface area contributed by atoms with Crippen molar-refractivity contribution in [3.8, 4) is 0 Å². The first-order valence-electron chi connectivity index (χ1n) is 5.82. The Kier molecular flexibility index (Phi) is 6.24. The molecule has 4 atom stereocenters. The smallest absolute Gasteiger partial charge is 0.351 e. The summed E-state index contributed by atoms with van der Waals surface area (Å²) >= 11 is 0. The van der Waals surface area contributed by atoms with Crippen LogP contribution in [0.4, 0.5) is 5.82 Å². The van der Waals surface area contributed by atoms with Crippen molar-refractivity contribution in [3.05, 3.63) is 22.2 Å². The quantitative estimate of drug-likeness (QED) is 0.594. The number of hydrogen-bond acceptors (Lipinski definition) is 7. The molecule has 1 aliphatic heterocycles. The largest absolute Gasteiger partial charge is 0.394 e. The van der Waals surface area contributed by atoms with Crippen LogP contribution < -0.4 is 11.4 Å². The minimum Gasteiger partial charge on any atom is -0.394 e. The molecule has 4 unspecified atom stereocenters. The zero-order valence-electron chi connectivity index (χ0n) is 11.3. The summed E-state index contributed by atoms with van der Waals surface area (Å²) in [6, 6.07) is 0. The number of methoxy groups -OCH3 is 1. The standard InChI is InChI=1S/C11H17N3O5.Y/c1-5-3-14(11(17)13-9(5)12)10-8(18-2)7(16)6(4-15)19-10;/h3,6-8,10,15-16H,4H2,1-2H3,(H2,12,13,17);. The Morgan fingerprint density at radius 2 is 2.25 bits per heavy atom. The normalized spacial score (nSPS) is 29.2. The molecule has 1 radical (unpaired) electrons. The van der Waals surface area contributed by atoms with Crippen LogP contribution in [-0.4, -0.2) is 51.8 Å². The molecule has 0 spiro atoms. The number of nitrogen functional groups attached to an aromatic ring is 1. The number of aliphatic hydroxyl groups is 2. The summed E-state index contributed by atoms with van der Waals surface area (Å²) < 4.78 is 11.8. The number of rotatable bonds is 3. The number of aryl methyl sites for hydroxylation is 1. The van der Waals surface area contributed by atoms with Crippen LogP contribution in [0.1, 0.15) is 11.8 Å². The molecule has 0 bridgehead atoms. The Hall–Kier alpha value is -0.376. The van der Waals surface area contributed by atoms with Gasteiger partial charge in [-0.1, -0.05) is 0 Å². The Labute approximate surface area is 140 Å². The summed E-state index contributed by atoms with van der Waals surface area (Å²) in [4.78, 5) is 15.5. The number of aliphatic hydroxyl groups excluding tert-OH is 2. The first kappa shape index (κ1) is 17.7. The molecule has 0 amide bonds. The van der Waals surface area contributed by atoms with E-state index >= 15 is 0 Å². The number of aromatic nitrogens is 2. The molecule has 1 aliphatic rings. The molecule has 1 aromatic heterocycles. The molecule has 9 heteroatoms. The van der Waals surface area contributed by atoms with E-state index in [0.717, 1.165) is 0 Å². The number of ether oxygens (including phenoxy) is 2. The second kappa shape index (κ2) is 7.06. The van der Waals surface area contributed by atoms with Gasteiger partial charge in [-0.15, -0.1) is 0 Å². The van der Waals surface area contributed by atoms with E-state index in [0.29, 0.717) is 5.56 Å². The number of nitrogens with zero attached hydrogens (tertiary/aromatic N) is 2. The number of nitrogens with two attached hydrogens (primary N) is 1. The van der Waals surface area contributed by atoms with Crippen molar-refractivity contribution in [2.45, 2.75) is 31.5 Å². The molecule has 8 nitrogen and oxygen atoms in total. The molecule has 20 heavy (non-hydrogen) atoms. The summed E-state index contributed by atoms with van der Waals surface area (Å²) in [5.41, 5.74) is 5.56. The fourth-order valence-corrected chi connectivity index (χ4v) is 2.11. The monoisotopic (exact) mass is 360 g/mol. The van der Waals surface area contributed by atoms with Crippen LogP contribution >= 0.6 is 0 Å². The number of anilines is 1. The fraction of sp³-hybridized carbons (Fsp3) is 0.636. The van der Waals surface area contributed by atoms with Gasteiger partial charge in [0.25, 0.3) is 0 Å². The summed E-state index contributed by atoms with van der Waals surface area (Å²) in [6.45, 7) is 1.34. The molecular formula is C11H17N3O5Y. The maximum absolute atomic E-state index is 11.8. The molecule has 109 valence electrons. The third kappa shape index (κ3) is 3.10.